The van der Waals surface area contributed by atoms with E-state index in [2.05, 4.69) is 5.32 Å². The normalized spacial score (nSPS) is 14.4. The summed E-state index contributed by atoms with van der Waals surface area (Å²) in [5, 5.41) is 3.04. The van der Waals surface area contributed by atoms with Gasteiger partial charge < -0.3 is 24.4 Å². The van der Waals surface area contributed by atoms with E-state index in [9.17, 15) is 18.0 Å². The number of amides is 2. The van der Waals surface area contributed by atoms with Crippen molar-refractivity contribution in [3.8, 4) is 17.2 Å². The summed E-state index contributed by atoms with van der Waals surface area (Å²) in [6.45, 7) is 1.20. The van der Waals surface area contributed by atoms with E-state index in [1.807, 2.05) is 6.07 Å². The third-order valence-electron chi connectivity index (χ3n) is 6.69. The van der Waals surface area contributed by atoms with Crippen LogP contribution in [0.3, 0.4) is 0 Å². The number of methoxy groups -OCH3 is 3. The van der Waals surface area contributed by atoms with Crippen LogP contribution in [0.5, 0.6) is 17.2 Å². The summed E-state index contributed by atoms with van der Waals surface area (Å²) in [5.41, 5.74) is 0.898. The first-order valence-electron chi connectivity index (χ1n) is 12.5. The molecule has 2 amide bonds. The second-order valence-electron chi connectivity index (χ2n) is 9.35. The average molecular weight is 548 g/mol. The van der Waals surface area contributed by atoms with E-state index in [4.69, 9.17) is 14.2 Å². The molecular formula is C27H37N3O7S. The van der Waals surface area contributed by atoms with Crippen LogP contribution < -0.4 is 23.8 Å². The number of hydrogen-bond donors (Lipinski definition) is 1. The molecule has 0 bridgehead atoms. The summed E-state index contributed by atoms with van der Waals surface area (Å²) < 4.78 is 42.7. The maximum atomic E-state index is 13.8. The Labute approximate surface area is 224 Å². The quantitative estimate of drug-likeness (QED) is 0.435. The highest BCUT2D eigenvalue weighted by molar-refractivity contribution is 7.92. The van der Waals surface area contributed by atoms with Crippen LogP contribution in [-0.2, 0) is 26.2 Å². The van der Waals surface area contributed by atoms with Crippen molar-refractivity contribution in [2.75, 3.05) is 38.4 Å². The fourth-order valence-corrected chi connectivity index (χ4v) is 5.37. The van der Waals surface area contributed by atoms with Gasteiger partial charge in [0.1, 0.15) is 29.8 Å². The molecule has 0 heterocycles. The minimum Gasteiger partial charge on any atom is -0.497 e. The molecule has 1 atom stereocenters. The molecule has 208 valence electrons. The number of hydrogen-bond acceptors (Lipinski definition) is 7. The van der Waals surface area contributed by atoms with Crippen molar-refractivity contribution in [3.63, 3.8) is 0 Å². The first-order valence-corrected chi connectivity index (χ1v) is 14.3. The zero-order chi connectivity index (χ0) is 27.9. The van der Waals surface area contributed by atoms with Crippen LogP contribution in [0.2, 0.25) is 0 Å². The highest BCUT2D eigenvalue weighted by Crippen LogP contribution is 2.34. The Hall–Kier alpha value is -3.47. The lowest BCUT2D eigenvalue weighted by Crippen LogP contribution is -2.52. The number of rotatable bonds is 12. The highest BCUT2D eigenvalue weighted by Gasteiger charge is 2.32. The molecule has 10 nitrogen and oxygen atoms in total. The molecule has 0 spiro atoms. The van der Waals surface area contributed by atoms with Crippen molar-refractivity contribution >= 4 is 27.5 Å². The van der Waals surface area contributed by atoms with E-state index >= 15 is 0 Å². The van der Waals surface area contributed by atoms with Crippen molar-refractivity contribution in [1.29, 1.82) is 0 Å². The standard InChI is InChI=1S/C27H37N3O7S/c1-19(27(32)28-21-10-6-7-11-21)29(17-20-9-8-12-22(15-20)35-2)26(31)18-30(38(5,33)34)24-16-23(36-3)13-14-25(24)37-4/h8-9,12-16,19,21H,6-7,10-11,17-18H2,1-5H3,(H,28,32)/t19-/m1/s1. The summed E-state index contributed by atoms with van der Waals surface area (Å²) in [7, 11) is 0.499. The Morgan fingerprint density at radius 3 is 2.26 bits per heavy atom. The third kappa shape index (κ3) is 7.31. The van der Waals surface area contributed by atoms with Gasteiger partial charge in [-0.05, 0) is 49.6 Å². The first kappa shape index (κ1) is 29.1. The van der Waals surface area contributed by atoms with Crippen LogP contribution in [0.4, 0.5) is 5.69 Å². The van der Waals surface area contributed by atoms with Crippen LogP contribution in [0.15, 0.2) is 42.5 Å². The van der Waals surface area contributed by atoms with E-state index in [-0.39, 0.29) is 29.9 Å². The van der Waals surface area contributed by atoms with Crippen LogP contribution in [0.1, 0.15) is 38.2 Å². The van der Waals surface area contributed by atoms with Crippen LogP contribution in [0.25, 0.3) is 0 Å². The van der Waals surface area contributed by atoms with Crippen LogP contribution in [-0.4, -0.2) is 71.3 Å². The molecule has 1 fully saturated rings. The predicted octanol–water partition coefficient (Wildman–Crippen LogP) is 2.95. The molecule has 0 aliphatic heterocycles. The SMILES string of the molecule is COc1cccc(CN(C(=O)CN(c2cc(OC)ccc2OC)S(C)(=O)=O)[C@H](C)C(=O)NC2CCCC2)c1. The molecule has 38 heavy (non-hydrogen) atoms. The minimum atomic E-state index is -3.92. The number of nitrogens with one attached hydrogen (secondary N) is 1. The van der Waals surface area contributed by atoms with E-state index < -0.39 is 28.5 Å². The van der Waals surface area contributed by atoms with Crippen LogP contribution >= 0.6 is 0 Å². The third-order valence-corrected chi connectivity index (χ3v) is 7.82. The number of anilines is 1. The summed E-state index contributed by atoms with van der Waals surface area (Å²) >= 11 is 0. The smallest absolute Gasteiger partial charge is 0.244 e. The van der Waals surface area contributed by atoms with Gasteiger partial charge in [0.05, 0.1) is 33.3 Å². The summed E-state index contributed by atoms with van der Waals surface area (Å²) in [6.07, 6.45) is 4.93. The Balaban J connectivity index is 1.95. The molecule has 0 aromatic heterocycles. The maximum Gasteiger partial charge on any atom is 0.244 e. The number of ether oxygens (including phenoxy) is 3. The molecule has 1 saturated carbocycles. The second-order valence-corrected chi connectivity index (χ2v) is 11.3. The Kier molecular flexibility index (Phi) is 9.84. The van der Waals surface area contributed by atoms with Gasteiger partial charge in [0.15, 0.2) is 0 Å². The molecule has 11 heteroatoms. The van der Waals surface area contributed by atoms with Gasteiger partial charge in [-0.15, -0.1) is 0 Å². The fourth-order valence-electron chi connectivity index (χ4n) is 4.53. The summed E-state index contributed by atoms with van der Waals surface area (Å²) in [5.74, 6) is 0.446. The van der Waals surface area contributed by atoms with Crippen LogP contribution in [0, 0.1) is 0 Å². The second kappa shape index (κ2) is 12.9. The molecule has 1 N–H and O–H groups in total. The highest BCUT2D eigenvalue weighted by atomic mass is 32.2. The molecule has 0 saturated heterocycles. The number of nitrogens with zero attached hydrogens (tertiary/aromatic N) is 2. The van der Waals surface area contributed by atoms with Gasteiger partial charge >= 0.3 is 0 Å². The van der Waals surface area contributed by atoms with Gasteiger partial charge in [0.25, 0.3) is 0 Å². The zero-order valence-corrected chi connectivity index (χ0v) is 23.4. The lowest BCUT2D eigenvalue weighted by Gasteiger charge is -2.32. The van der Waals surface area contributed by atoms with Crippen molar-refractivity contribution in [2.24, 2.45) is 0 Å². The van der Waals surface area contributed by atoms with Gasteiger partial charge in [0.2, 0.25) is 21.8 Å². The van der Waals surface area contributed by atoms with Gasteiger partial charge in [-0.3, -0.25) is 13.9 Å². The Morgan fingerprint density at radius 1 is 1.00 bits per heavy atom. The van der Waals surface area contributed by atoms with E-state index in [1.54, 1.807) is 44.4 Å². The summed E-state index contributed by atoms with van der Waals surface area (Å²) in [6, 6.07) is 11.1. The molecule has 2 aromatic carbocycles. The van der Waals surface area contributed by atoms with Gasteiger partial charge in [-0.2, -0.15) is 0 Å². The number of carbonyl (C=O) groups is 2. The lowest BCUT2D eigenvalue weighted by molar-refractivity contribution is -0.139. The molecular weight excluding hydrogens is 510 g/mol. The molecule has 2 aromatic rings. The van der Waals surface area contributed by atoms with Crippen molar-refractivity contribution in [2.45, 2.75) is 51.2 Å². The predicted molar refractivity (Wildman–Crippen MR) is 145 cm³/mol. The van der Waals surface area contributed by atoms with E-state index in [1.165, 1.54) is 25.2 Å². The molecule has 1 aliphatic rings. The topological polar surface area (TPSA) is 114 Å². The molecule has 3 rings (SSSR count). The fraction of sp³-hybridized carbons (Fsp3) is 0.481. The Morgan fingerprint density at radius 2 is 1.66 bits per heavy atom. The van der Waals surface area contributed by atoms with Crippen molar-refractivity contribution in [1.82, 2.24) is 10.2 Å². The lowest BCUT2D eigenvalue weighted by atomic mass is 10.1. The van der Waals surface area contributed by atoms with Crippen molar-refractivity contribution in [3.05, 3.63) is 48.0 Å². The van der Waals surface area contributed by atoms with E-state index in [0.29, 0.717) is 11.5 Å². The van der Waals surface area contributed by atoms with Gasteiger partial charge in [-0.1, -0.05) is 25.0 Å². The largest absolute Gasteiger partial charge is 0.497 e. The van der Waals surface area contributed by atoms with E-state index in [0.717, 1.165) is 41.8 Å². The molecule has 1 aliphatic carbocycles. The zero-order valence-electron chi connectivity index (χ0n) is 22.6. The summed E-state index contributed by atoms with van der Waals surface area (Å²) in [4.78, 5) is 28.4. The first-order chi connectivity index (χ1) is 18.1. The Bertz CT molecular complexity index is 1230. The molecule has 0 radical (unpaired) electrons. The number of sulfonamides is 1. The van der Waals surface area contributed by atoms with Gasteiger partial charge in [0, 0.05) is 18.7 Å². The minimum absolute atomic E-state index is 0.0762. The monoisotopic (exact) mass is 547 g/mol. The average Bonchev–Trinajstić information content (AvgIpc) is 3.41. The van der Waals surface area contributed by atoms with Gasteiger partial charge in [-0.25, -0.2) is 8.42 Å². The van der Waals surface area contributed by atoms with Crippen molar-refractivity contribution < 1.29 is 32.2 Å². The molecule has 0 unspecified atom stereocenters. The maximum absolute atomic E-state index is 13.8. The number of carbonyl (C=O) groups excluding carboxylic acids is 2. The number of benzene rings is 2.